The van der Waals surface area contributed by atoms with E-state index in [9.17, 15) is 17.6 Å². The van der Waals surface area contributed by atoms with Crippen LogP contribution in [0.15, 0.2) is 24.4 Å². The Morgan fingerprint density at radius 3 is 2.46 bits per heavy atom. The number of halogens is 4. The van der Waals surface area contributed by atoms with E-state index in [0.29, 0.717) is 26.3 Å². The lowest BCUT2D eigenvalue weighted by molar-refractivity contribution is -0.137. The molecule has 0 bridgehead atoms. The maximum Gasteiger partial charge on any atom is 0.418 e. The molecule has 2 aliphatic rings. The Kier molecular flexibility index (Phi) is 7.58. The van der Waals surface area contributed by atoms with Crippen LogP contribution in [0.25, 0.3) is 0 Å². The number of hydrogen-bond donors (Lipinski definition) is 2. The Morgan fingerprint density at radius 1 is 1.08 bits per heavy atom. The molecule has 0 aliphatic carbocycles. The first-order chi connectivity index (χ1) is 17.3. The number of alkyl halides is 3. The summed E-state index contributed by atoms with van der Waals surface area (Å²) in [6, 6.07) is 3.99. The normalized spacial score (nSPS) is 22.4. The van der Waals surface area contributed by atoms with Crippen LogP contribution in [0.4, 0.5) is 40.7 Å². The molecule has 4 rings (SSSR count). The lowest BCUT2D eigenvalue weighted by Gasteiger charge is -2.44. The van der Waals surface area contributed by atoms with Gasteiger partial charge in [0.25, 0.3) is 0 Å². The quantitative estimate of drug-likeness (QED) is 0.489. The summed E-state index contributed by atoms with van der Waals surface area (Å²) in [5, 5.41) is 6.05. The molecule has 204 valence electrons. The second-order valence-corrected chi connectivity index (χ2v) is 11.1. The zero-order chi connectivity index (χ0) is 27.0. The fourth-order valence-corrected chi connectivity index (χ4v) is 5.25. The molecular formula is C26H36F4N6O. The average molecular weight is 525 g/mol. The van der Waals surface area contributed by atoms with Crippen LogP contribution >= 0.6 is 0 Å². The van der Waals surface area contributed by atoms with Gasteiger partial charge in [0.1, 0.15) is 0 Å². The summed E-state index contributed by atoms with van der Waals surface area (Å²) in [6.07, 6.45) is -1.00. The van der Waals surface area contributed by atoms with Gasteiger partial charge in [-0.2, -0.15) is 18.2 Å². The maximum atomic E-state index is 14.7. The van der Waals surface area contributed by atoms with E-state index in [1.54, 1.807) is 11.0 Å². The van der Waals surface area contributed by atoms with Crippen LogP contribution in [-0.4, -0.2) is 65.3 Å². The predicted molar refractivity (Wildman–Crippen MR) is 137 cm³/mol. The molecule has 7 nitrogen and oxygen atoms in total. The molecule has 0 spiro atoms. The van der Waals surface area contributed by atoms with Crippen molar-refractivity contribution in [1.29, 1.82) is 0 Å². The number of benzene rings is 1. The van der Waals surface area contributed by atoms with Crippen molar-refractivity contribution < 1.29 is 22.3 Å². The summed E-state index contributed by atoms with van der Waals surface area (Å²) in [7, 11) is 2.11. The molecule has 2 fully saturated rings. The molecule has 0 amide bonds. The second-order valence-electron chi connectivity index (χ2n) is 11.1. The number of nitrogens with zero attached hydrogens (tertiary/aromatic N) is 4. The third-order valence-electron chi connectivity index (χ3n) is 7.66. The van der Waals surface area contributed by atoms with Crippen molar-refractivity contribution in [1.82, 2.24) is 14.9 Å². The fraction of sp³-hybridized carbons (Fsp3) is 0.615. The van der Waals surface area contributed by atoms with Crippen molar-refractivity contribution in [3.63, 3.8) is 0 Å². The minimum atomic E-state index is -4.55. The van der Waals surface area contributed by atoms with Gasteiger partial charge >= 0.3 is 6.18 Å². The Morgan fingerprint density at radius 2 is 1.78 bits per heavy atom. The standard InChI is InChI=1S/C26H36F4N6O/c1-24(2)9-8-18(15-25(3,4)35(24)5)32-22-20(27)16-31-23(34-22)33-17-6-7-21(19(14-17)26(28,29)30)36-10-12-37-13-11-36/h6-7,14,16,18H,8-13,15H2,1-5H3,(H2,31,32,33,34). The molecule has 1 aromatic heterocycles. The fourth-order valence-electron chi connectivity index (χ4n) is 5.25. The van der Waals surface area contributed by atoms with Crippen molar-refractivity contribution >= 4 is 23.1 Å². The summed E-state index contributed by atoms with van der Waals surface area (Å²) in [5.74, 6) is -0.568. The molecule has 2 N–H and O–H groups in total. The minimum absolute atomic E-state index is 0.0135. The van der Waals surface area contributed by atoms with Crippen molar-refractivity contribution in [3.8, 4) is 0 Å². The van der Waals surface area contributed by atoms with Gasteiger partial charge in [0, 0.05) is 41.6 Å². The van der Waals surface area contributed by atoms with E-state index in [0.717, 1.165) is 31.5 Å². The number of rotatable bonds is 5. The van der Waals surface area contributed by atoms with Crippen LogP contribution in [0, 0.1) is 5.82 Å². The largest absolute Gasteiger partial charge is 0.418 e. The molecule has 3 heterocycles. The van der Waals surface area contributed by atoms with Crippen molar-refractivity contribution in [2.75, 3.05) is 48.9 Å². The smallest absolute Gasteiger partial charge is 0.378 e. The number of likely N-dealkylation sites (tertiary alicyclic amines) is 1. The van der Waals surface area contributed by atoms with E-state index in [1.165, 1.54) is 6.07 Å². The number of hydrogen-bond acceptors (Lipinski definition) is 7. The van der Waals surface area contributed by atoms with Gasteiger partial charge < -0.3 is 20.3 Å². The lowest BCUT2D eigenvalue weighted by atomic mass is 9.92. The van der Waals surface area contributed by atoms with Crippen LogP contribution in [0.5, 0.6) is 0 Å². The van der Waals surface area contributed by atoms with Gasteiger partial charge in [-0.3, -0.25) is 4.90 Å². The molecule has 11 heteroatoms. The molecule has 2 saturated heterocycles. The van der Waals surface area contributed by atoms with Crippen LogP contribution in [0.1, 0.15) is 52.5 Å². The molecule has 2 aromatic rings. The summed E-state index contributed by atoms with van der Waals surface area (Å²) in [5.41, 5.74) is -0.625. The highest BCUT2D eigenvalue weighted by molar-refractivity contribution is 5.65. The van der Waals surface area contributed by atoms with Crippen molar-refractivity contribution in [2.45, 2.75) is 70.3 Å². The molecule has 37 heavy (non-hydrogen) atoms. The Bertz CT molecular complexity index is 1100. The number of morpholine rings is 1. The molecule has 1 unspecified atom stereocenters. The summed E-state index contributed by atoms with van der Waals surface area (Å²) in [6.45, 7) is 10.3. The Balaban J connectivity index is 1.55. The van der Waals surface area contributed by atoms with E-state index in [2.05, 4.69) is 60.2 Å². The molecule has 2 aliphatic heterocycles. The summed E-state index contributed by atoms with van der Waals surface area (Å²) >= 11 is 0. The first kappa shape index (κ1) is 27.4. The maximum absolute atomic E-state index is 14.7. The van der Waals surface area contributed by atoms with E-state index >= 15 is 0 Å². The van der Waals surface area contributed by atoms with Gasteiger partial charge in [-0.15, -0.1) is 0 Å². The van der Waals surface area contributed by atoms with E-state index < -0.39 is 17.6 Å². The van der Waals surface area contributed by atoms with E-state index in [-0.39, 0.29) is 40.3 Å². The summed E-state index contributed by atoms with van der Waals surface area (Å²) < 4.78 is 61.6. The van der Waals surface area contributed by atoms with Crippen LogP contribution in [0.2, 0.25) is 0 Å². The highest BCUT2D eigenvalue weighted by Crippen LogP contribution is 2.39. The van der Waals surface area contributed by atoms with Gasteiger partial charge in [0.05, 0.1) is 25.0 Å². The van der Waals surface area contributed by atoms with E-state index in [4.69, 9.17) is 4.74 Å². The summed E-state index contributed by atoms with van der Waals surface area (Å²) in [4.78, 5) is 12.2. The zero-order valence-corrected chi connectivity index (χ0v) is 22.0. The number of aromatic nitrogens is 2. The number of ether oxygens (including phenoxy) is 1. The van der Waals surface area contributed by atoms with Crippen LogP contribution < -0.4 is 15.5 Å². The topological polar surface area (TPSA) is 65.5 Å². The highest BCUT2D eigenvalue weighted by Gasteiger charge is 2.40. The molecule has 0 saturated carbocycles. The third-order valence-corrected chi connectivity index (χ3v) is 7.66. The van der Waals surface area contributed by atoms with Crippen LogP contribution in [0.3, 0.4) is 0 Å². The van der Waals surface area contributed by atoms with Gasteiger partial charge in [-0.1, -0.05) is 0 Å². The van der Waals surface area contributed by atoms with Crippen LogP contribution in [-0.2, 0) is 10.9 Å². The number of anilines is 4. The molecule has 0 radical (unpaired) electrons. The van der Waals surface area contributed by atoms with Crippen molar-refractivity contribution in [3.05, 3.63) is 35.8 Å². The number of nitrogens with one attached hydrogen (secondary N) is 2. The second kappa shape index (κ2) is 10.2. The third kappa shape index (κ3) is 6.26. The first-order valence-corrected chi connectivity index (χ1v) is 12.6. The molecular weight excluding hydrogens is 488 g/mol. The zero-order valence-electron chi connectivity index (χ0n) is 22.0. The average Bonchev–Trinajstić information content (AvgIpc) is 2.91. The van der Waals surface area contributed by atoms with Crippen molar-refractivity contribution in [2.24, 2.45) is 0 Å². The van der Waals surface area contributed by atoms with Gasteiger partial charge in [-0.05, 0) is 72.2 Å². The monoisotopic (exact) mass is 524 g/mol. The van der Waals surface area contributed by atoms with Gasteiger partial charge in [-0.25, -0.2) is 9.37 Å². The molecule has 1 atom stereocenters. The molecule has 1 aromatic carbocycles. The first-order valence-electron chi connectivity index (χ1n) is 12.6. The SMILES string of the molecule is CN1C(C)(C)CCC(Nc2nc(Nc3ccc(N4CCOCC4)c(C(F)(F)F)c3)ncc2F)CC1(C)C. The Hall–Kier alpha value is -2.66. The highest BCUT2D eigenvalue weighted by atomic mass is 19.4. The van der Waals surface area contributed by atoms with Gasteiger partial charge in [0.2, 0.25) is 5.95 Å². The predicted octanol–water partition coefficient (Wildman–Crippen LogP) is 5.67. The van der Waals surface area contributed by atoms with E-state index in [1.807, 2.05) is 0 Å². The van der Waals surface area contributed by atoms with Gasteiger partial charge in [0.15, 0.2) is 11.6 Å². The Labute approximate surface area is 215 Å². The lowest BCUT2D eigenvalue weighted by Crippen LogP contribution is -2.52. The minimum Gasteiger partial charge on any atom is -0.378 e.